The minimum absolute atomic E-state index is 0.0774. The van der Waals surface area contributed by atoms with Crippen LogP contribution in [0.1, 0.15) is 18.4 Å². The van der Waals surface area contributed by atoms with Crippen molar-refractivity contribution in [2.45, 2.75) is 25.3 Å². The molecule has 4 heteroatoms. The van der Waals surface area contributed by atoms with Crippen LogP contribution in [0.3, 0.4) is 0 Å². The van der Waals surface area contributed by atoms with Crippen LogP contribution in [0.15, 0.2) is 54.6 Å². The number of hydrogen-bond donors (Lipinski definition) is 0. The molecule has 0 amide bonds. The summed E-state index contributed by atoms with van der Waals surface area (Å²) in [6.45, 7) is 3.16. The molecule has 1 atom stereocenters. The highest BCUT2D eigenvalue weighted by molar-refractivity contribution is 5.88. The van der Waals surface area contributed by atoms with Gasteiger partial charge in [0.2, 0.25) is 0 Å². The normalized spacial score (nSPS) is 24.5. The summed E-state index contributed by atoms with van der Waals surface area (Å²) in [6, 6.07) is 17.9. The van der Waals surface area contributed by atoms with E-state index in [-0.39, 0.29) is 6.04 Å². The first kappa shape index (κ1) is 17.1. The predicted octanol–water partition coefficient (Wildman–Crippen LogP) is 3.35. The van der Waals surface area contributed by atoms with Crippen LogP contribution in [0.25, 0.3) is 0 Å². The number of para-hydroxylation sites is 1. The lowest BCUT2D eigenvalue weighted by molar-refractivity contribution is -0.136. The molecule has 2 bridgehead atoms. The van der Waals surface area contributed by atoms with Crippen molar-refractivity contribution in [1.29, 1.82) is 0 Å². The Kier molecular flexibility index (Phi) is 5.21. The molecule has 5 rings (SSSR count). The molecule has 2 aromatic carbocycles. The Morgan fingerprint density at radius 1 is 0.846 bits per heavy atom. The molecule has 3 fully saturated rings. The van der Waals surface area contributed by atoms with Crippen LogP contribution in [-0.2, 0) is 11.2 Å². The van der Waals surface area contributed by atoms with Gasteiger partial charge in [0, 0.05) is 5.92 Å². The topological polar surface area (TPSA) is 38.8 Å². The largest absolute Gasteiger partial charge is 0.490 e. The van der Waals surface area contributed by atoms with Gasteiger partial charge in [-0.25, -0.2) is 0 Å². The van der Waals surface area contributed by atoms with Crippen LogP contribution >= 0.6 is 0 Å². The fourth-order valence-electron chi connectivity index (χ4n) is 3.96. The van der Waals surface area contributed by atoms with E-state index in [0.29, 0.717) is 24.9 Å². The third kappa shape index (κ3) is 3.91. The van der Waals surface area contributed by atoms with Gasteiger partial charge < -0.3 is 9.47 Å². The Balaban J connectivity index is 1.25. The van der Waals surface area contributed by atoms with Crippen molar-refractivity contribution < 1.29 is 14.3 Å². The van der Waals surface area contributed by atoms with E-state index in [1.54, 1.807) is 0 Å². The zero-order valence-corrected chi connectivity index (χ0v) is 15.0. The van der Waals surface area contributed by atoms with E-state index in [0.717, 1.165) is 43.9 Å². The molecule has 3 saturated heterocycles. The van der Waals surface area contributed by atoms with Gasteiger partial charge >= 0.3 is 0 Å². The van der Waals surface area contributed by atoms with Gasteiger partial charge in [0.15, 0.2) is 5.78 Å². The first-order valence-corrected chi connectivity index (χ1v) is 9.47. The first-order valence-electron chi connectivity index (χ1n) is 9.47. The van der Waals surface area contributed by atoms with Crippen molar-refractivity contribution >= 4 is 5.78 Å². The lowest BCUT2D eigenvalue weighted by Crippen LogP contribution is -2.56. The highest BCUT2D eigenvalue weighted by Crippen LogP contribution is 2.30. The monoisotopic (exact) mass is 351 g/mol. The van der Waals surface area contributed by atoms with E-state index in [2.05, 4.69) is 17.0 Å². The SMILES string of the molecule is O=C1C2CCN(CC2)[C@@H]1Cc1ccc(OCCOc2ccccc2)cc1. The maximum atomic E-state index is 12.5. The van der Waals surface area contributed by atoms with Gasteiger partial charge in [0.25, 0.3) is 0 Å². The average molecular weight is 351 g/mol. The summed E-state index contributed by atoms with van der Waals surface area (Å²) in [5.41, 5.74) is 1.20. The number of hydrogen-bond acceptors (Lipinski definition) is 4. The standard InChI is InChI=1S/C22H25NO3/c24-22-18-10-12-23(13-11-18)21(22)16-17-6-8-20(9-7-17)26-15-14-25-19-4-2-1-3-5-19/h1-9,18,21H,10-16H2/t21-/m1/s1. The fraction of sp³-hybridized carbons (Fsp3) is 0.409. The summed E-state index contributed by atoms with van der Waals surface area (Å²) in [5, 5.41) is 0. The molecule has 4 nitrogen and oxygen atoms in total. The van der Waals surface area contributed by atoms with E-state index in [1.807, 2.05) is 42.5 Å². The van der Waals surface area contributed by atoms with E-state index in [1.165, 1.54) is 5.56 Å². The van der Waals surface area contributed by atoms with Crippen LogP contribution in [0.2, 0.25) is 0 Å². The molecule has 2 aromatic rings. The minimum Gasteiger partial charge on any atom is -0.490 e. The lowest BCUT2D eigenvalue weighted by Gasteiger charge is -2.44. The zero-order chi connectivity index (χ0) is 17.8. The minimum atomic E-state index is 0.0774. The number of nitrogens with zero attached hydrogens (tertiary/aromatic N) is 1. The smallest absolute Gasteiger partial charge is 0.153 e. The van der Waals surface area contributed by atoms with Gasteiger partial charge in [-0.05, 0) is 62.2 Å². The molecule has 26 heavy (non-hydrogen) atoms. The first-order chi connectivity index (χ1) is 12.8. The van der Waals surface area contributed by atoms with Gasteiger partial charge in [-0.2, -0.15) is 0 Å². The molecule has 0 radical (unpaired) electrons. The molecule has 3 aliphatic rings. The highest BCUT2D eigenvalue weighted by Gasteiger charge is 2.40. The average Bonchev–Trinajstić information content (AvgIpc) is 2.70. The van der Waals surface area contributed by atoms with E-state index < -0.39 is 0 Å². The van der Waals surface area contributed by atoms with Gasteiger partial charge in [0.05, 0.1) is 6.04 Å². The van der Waals surface area contributed by atoms with Gasteiger partial charge in [-0.15, -0.1) is 0 Å². The molecule has 136 valence electrons. The third-order valence-corrected chi connectivity index (χ3v) is 5.42. The molecule has 0 spiro atoms. The van der Waals surface area contributed by atoms with Crippen molar-refractivity contribution in [1.82, 2.24) is 4.90 Å². The number of Topliss-reactive ketones (excluding diaryl/α,β-unsaturated/α-hetero) is 1. The second-order valence-corrected chi connectivity index (χ2v) is 7.09. The Labute approximate surface area is 154 Å². The second kappa shape index (κ2) is 7.92. The van der Waals surface area contributed by atoms with Gasteiger partial charge in [-0.1, -0.05) is 30.3 Å². The number of piperidine rings is 3. The molecule has 0 aromatic heterocycles. The molecule has 0 unspecified atom stereocenters. The number of benzene rings is 2. The fourth-order valence-corrected chi connectivity index (χ4v) is 3.96. The molecular weight excluding hydrogens is 326 g/mol. The van der Waals surface area contributed by atoms with E-state index in [9.17, 15) is 4.79 Å². The van der Waals surface area contributed by atoms with Crippen LogP contribution in [-0.4, -0.2) is 43.0 Å². The molecule has 0 N–H and O–H groups in total. The number of rotatable bonds is 7. The molecule has 0 aliphatic carbocycles. The predicted molar refractivity (Wildman–Crippen MR) is 101 cm³/mol. The van der Waals surface area contributed by atoms with Crippen LogP contribution in [0.5, 0.6) is 11.5 Å². The van der Waals surface area contributed by atoms with Crippen molar-refractivity contribution in [3.8, 4) is 11.5 Å². The van der Waals surface area contributed by atoms with Crippen LogP contribution < -0.4 is 9.47 Å². The summed E-state index contributed by atoms with van der Waals surface area (Å²) in [5.74, 6) is 2.44. The van der Waals surface area contributed by atoms with Crippen molar-refractivity contribution in [2.24, 2.45) is 5.92 Å². The van der Waals surface area contributed by atoms with Gasteiger partial charge in [-0.3, -0.25) is 9.69 Å². The molecule has 3 aliphatic heterocycles. The lowest BCUT2D eigenvalue weighted by atomic mass is 9.80. The number of fused-ring (bicyclic) bond motifs is 3. The van der Waals surface area contributed by atoms with Crippen molar-refractivity contribution in [3.05, 3.63) is 60.2 Å². The third-order valence-electron chi connectivity index (χ3n) is 5.42. The number of carbonyl (C=O) groups excluding carboxylic acids is 1. The number of ether oxygens (including phenoxy) is 2. The van der Waals surface area contributed by atoms with E-state index >= 15 is 0 Å². The summed E-state index contributed by atoms with van der Waals surface area (Å²) >= 11 is 0. The molecule has 3 heterocycles. The Morgan fingerprint density at radius 2 is 1.46 bits per heavy atom. The zero-order valence-electron chi connectivity index (χ0n) is 15.0. The maximum Gasteiger partial charge on any atom is 0.153 e. The van der Waals surface area contributed by atoms with Crippen molar-refractivity contribution in [2.75, 3.05) is 26.3 Å². The summed E-state index contributed by atoms with van der Waals surface area (Å²) < 4.78 is 11.4. The second-order valence-electron chi connectivity index (χ2n) is 7.09. The molecule has 0 saturated carbocycles. The summed E-state index contributed by atoms with van der Waals surface area (Å²) in [6.07, 6.45) is 2.91. The van der Waals surface area contributed by atoms with Crippen molar-refractivity contribution in [3.63, 3.8) is 0 Å². The summed E-state index contributed by atoms with van der Waals surface area (Å²) in [4.78, 5) is 14.8. The Hall–Kier alpha value is -2.33. The number of carbonyl (C=O) groups is 1. The maximum absolute atomic E-state index is 12.5. The molecular formula is C22H25NO3. The van der Waals surface area contributed by atoms with Gasteiger partial charge in [0.1, 0.15) is 24.7 Å². The van der Waals surface area contributed by atoms with Crippen LogP contribution in [0, 0.1) is 5.92 Å². The Bertz CT molecular complexity index is 721. The van der Waals surface area contributed by atoms with Crippen LogP contribution in [0.4, 0.5) is 0 Å². The number of ketones is 1. The highest BCUT2D eigenvalue weighted by atomic mass is 16.5. The van der Waals surface area contributed by atoms with E-state index in [4.69, 9.17) is 9.47 Å². The summed E-state index contributed by atoms with van der Waals surface area (Å²) in [7, 11) is 0. The quantitative estimate of drug-likeness (QED) is 0.717. The Morgan fingerprint density at radius 3 is 2.08 bits per heavy atom.